The lowest BCUT2D eigenvalue weighted by Gasteiger charge is -2.23. The van der Waals surface area contributed by atoms with Crippen LogP contribution in [0.5, 0.6) is 0 Å². The molecule has 1 aromatic rings. The third-order valence-corrected chi connectivity index (χ3v) is 5.35. The van der Waals surface area contributed by atoms with Crippen LogP contribution in [0.1, 0.15) is 12.2 Å². The lowest BCUT2D eigenvalue weighted by Crippen LogP contribution is -2.50. The van der Waals surface area contributed by atoms with Crippen molar-refractivity contribution in [1.82, 2.24) is 15.2 Å². The van der Waals surface area contributed by atoms with Gasteiger partial charge in [0.05, 0.1) is 5.92 Å². The van der Waals surface area contributed by atoms with Crippen molar-refractivity contribution in [3.05, 3.63) is 5.82 Å². The van der Waals surface area contributed by atoms with Gasteiger partial charge in [0.15, 0.2) is 5.16 Å². The summed E-state index contributed by atoms with van der Waals surface area (Å²) in [5.41, 5.74) is 4.48. The first-order valence-corrected chi connectivity index (χ1v) is 7.03. The Kier molecular flexibility index (Phi) is 2.80. The van der Waals surface area contributed by atoms with Gasteiger partial charge >= 0.3 is 11.9 Å². The van der Waals surface area contributed by atoms with E-state index in [4.69, 9.17) is 10.8 Å². The Morgan fingerprint density at radius 1 is 1.45 bits per heavy atom. The number of carboxylic acids is 2. The second-order valence-corrected chi connectivity index (χ2v) is 6.62. The summed E-state index contributed by atoms with van der Waals surface area (Å²) in [5, 5.41) is 26.6. The number of hydrogen-bond acceptors (Lipinski definition) is 6. The zero-order chi connectivity index (χ0) is 14.7. The minimum absolute atomic E-state index is 0.172. The molecule has 0 aromatic carbocycles. The highest BCUT2D eigenvalue weighted by Gasteiger charge is 2.74. The fraction of sp³-hybridized carbons (Fsp3) is 0.636. The second-order valence-electron chi connectivity index (χ2n) is 5.39. The van der Waals surface area contributed by atoms with E-state index in [2.05, 4.69) is 15.2 Å². The van der Waals surface area contributed by atoms with Gasteiger partial charge < -0.3 is 20.9 Å². The molecule has 0 unspecified atom stereocenters. The first-order chi connectivity index (χ1) is 9.34. The number of aromatic nitrogens is 3. The number of thioether (sulfide) groups is 1. The smallest absolute Gasteiger partial charge is 0.324 e. The highest BCUT2D eigenvalue weighted by Crippen LogP contribution is 2.65. The maximum Gasteiger partial charge on any atom is 0.324 e. The van der Waals surface area contributed by atoms with E-state index in [1.54, 1.807) is 6.92 Å². The Balaban J connectivity index is 1.83. The van der Waals surface area contributed by atoms with E-state index in [-0.39, 0.29) is 17.6 Å². The summed E-state index contributed by atoms with van der Waals surface area (Å²) >= 11 is 1.33. The summed E-state index contributed by atoms with van der Waals surface area (Å²) in [4.78, 5) is 25.5. The number of aliphatic carboxylic acids is 2. The largest absolute Gasteiger partial charge is 0.481 e. The third-order valence-electron chi connectivity index (χ3n) is 4.16. The van der Waals surface area contributed by atoms with Gasteiger partial charge in [-0.15, -0.1) is 10.2 Å². The van der Waals surface area contributed by atoms with Gasteiger partial charge in [-0.05, 0) is 19.3 Å². The number of nitrogens with two attached hydrogens (primary N) is 1. The Labute approximate surface area is 118 Å². The number of hydrogen-bond donors (Lipinski definition) is 4. The van der Waals surface area contributed by atoms with Crippen LogP contribution in [0.15, 0.2) is 5.16 Å². The molecule has 2 aliphatic rings. The molecule has 0 aliphatic heterocycles. The summed E-state index contributed by atoms with van der Waals surface area (Å²) in [6, 6.07) is 0. The normalized spacial score (nSPS) is 38.5. The van der Waals surface area contributed by atoms with Crippen molar-refractivity contribution in [3.8, 4) is 0 Å². The molecule has 0 radical (unpaired) electrons. The molecule has 2 fully saturated rings. The van der Waals surface area contributed by atoms with Crippen molar-refractivity contribution >= 4 is 23.7 Å². The van der Waals surface area contributed by atoms with Gasteiger partial charge in [0.2, 0.25) is 0 Å². The van der Waals surface area contributed by atoms with Gasteiger partial charge in [-0.25, -0.2) is 0 Å². The molecule has 108 valence electrons. The molecule has 5 N–H and O–H groups in total. The summed E-state index contributed by atoms with van der Waals surface area (Å²) < 4.78 is 0. The molecular formula is C11H14N4O4S. The maximum atomic E-state index is 11.4. The van der Waals surface area contributed by atoms with Crippen LogP contribution in [0, 0.1) is 24.7 Å². The van der Waals surface area contributed by atoms with Crippen molar-refractivity contribution in [1.29, 1.82) is 0 Å². The first-order valence-electron chi connectivity index (χ1n) is 6.15. The van der Waals surface area contributed by atoms with Gasteiger partial charge in [0.25, 0.3) is 0 Å². The van der Waals surface area contributed by atoms with Crippen molar-refractivity contribution in [2.75, 3.05) is 0 Å². The van der Waals surface area contributed by atoms with Crippen LogP contribution < -0.4 is 5.73 Å². The predicted molar refractivity (Wildman–Crippen MR) is 68.0 cm³/mol. The molecule has 9 heteroatoms. The third kappa shape index (κ3) is 1.80. The van der Waals surface area contributed by atoms with Crippen LogP contribution in [0.2, 0.25) is 0 Å². The predicted octanol–water partition coefficient (Wildman–Crippen LogP) is -0.294. The number of carboxylic acid groups (broad SMARTS) is 2. The van der Waals surface area contributed by atoms with Crippen LogP contribution >= 0.6 is 11.8 Å². The van der Waals surface area contributed by atoms with Gasteiger partial charge in [0, 0.05) is 11.2 Å². The Bertz CT molecular complexity index is 591. The van der Waals surface area contributed by atoms with E-state index in [1.165, 1.54) is 11.8 Å². The second kappa shape index (κ2) is 4.19. The number of nitrogens with one attached hydrogen (secondary N) is 1. The van der Waals surface area contributed by atoms with Gasteiger partial charge in [-0.3, -0.25) is 9.59 Å². The zero-order valence-corrected chi connectivity index (χ0v) is 11.4. The van der Waals surface area contributed by atoms with Crippen LogP contribution in [0.3, 0.4) is 0 Å². The van der Waals surface area contributed by atoms with Gasteiger partial charge in [-0.2, -0.15) is 0 Å². The Hall–Kier alpha value is -1.61. The molecule has 2 saturated carbocycles. The standard InChI is InChI=1S/C11H14N4O4S/c1-3-13-10(15-14-3)20-4-2-11(12,9(18)19)7-5(4)6(7)8(16)17/h4-7H,2,12H2,1H3,(H,16,17)(H,18,19)(H,13,14,15)/t4-,5+,6+,7+,11+/m1/s1. The highest BCUT2D eigenvalue weighted by atomic mass is 32.2. The molecule has 8 nitrogen and oxygen atoms in total. The molecular weight excluding hydrogens is 284 g/mol. The summed E-state index contributed by atoms with van der Waals surface area (Å²) in [5.74, 6) is -2.84. The molecule has 0 saturated heterocycles. The topological polar surface area (TPSA) is 142 Å². The molecule has 0 bridgehead atoms. The first kappa shape index (κ1) is 13.4. The molecule has 5 atom stereocenters. The van der Waals surface area contributed by atoms with E-state index in [0.29, 0.717) is 11.0 Å². The average Bonchev–Trinajstić information content (AvgIpc) is 2.90. The number of fused-ring (bicyclic) bond motifs is 1. The monoisotopic (exact) mass is 298 g/mol. The summed E-state index contributed by atoms with van der Waals surface area (Å²) in [6.07, 6.45) is 0.242. The van der Waals surface area contributed by atoms with Crippen molar-refractivity contribution < 1.29 is 19.8 Å². The molecule has 3 rings (SSSR count). The number of aryl methyl sites for hydroxylation is 1. The van der Waals surface area contributed by atoms with Crippen LogP contribution in [0.4, 0.5) is 0 Å². The van der Waals surface area contributed by atoms with Crippen LogP contribution in [-0.4, -0.2) is 48.1 Å². The lowest BCUT2D eigenvalue weighted by molar-refractivity contribution is -0.145. The van der Waals surface area contributed by atoms with Crippen molar-refractivity contribution in [2.24, 2.45) is 23.5 Å². The van der Waals surface area contributed by atoms with Crippen molar-refractivity contribution in [2.45, 2.75) is 29.3 Å². The van der Waals surface area contributed by atoms with E-state index >= 15 is 0 Å². The van der Waals surface area contributed by atoms with Gasteiger partial charge in [0.1, 0.15) is 11.4 Å². The molecule has 1 heterocycles. The summed E-state index contributed by atoms with van der Waals surface area (Å²) in [6.45, 7) is 1.76. The van der Waals surface area contributed by atoms with E-state index < -0.39 is 29.3 Å². The Morgan fingerprint density at radius 3 is 2.65 bits per heavy atom. The minimum Gasteiger partial charge on any atom is -0.481 e. The van der Waals surface area contributed by atoms with Gasteiger partial charge in [-0.1, -0.05) is 11.8 Å². The average molecular weight is 298 g/mol. The fourth-order valence-electron chi connectivity index (χ4n) is 3.26. The molecule has 0 spiro atoms. The number of H-pyrrole nitrogens is 1. The molecule has 1 aromatic heterocycles. The van der Waals surface area contributed by atoms with E-state index in [1.807, 2.05) is 0 Å². The Morgan fingerprint density at radius 2 is 2.15 bits per heavy atom. The zero-order valence-electron chi connectivity index (χ0n) is 10.6. The van der Waals surface area contributed by atoms with E-state index in [0.717, 1.165) is 0 Å². The quantitative estimate of drug-likeness (QED) is 0.593. The molecule has 2 aliphatic carbocycles. The number of rotatable bonds is 4. The van der Waals surface area contributed by atoms with Crippen molar-refractivity contribution in [3.63, 3.8) is 0 Å². The number of aromatic amines is 1. The number of carbonyl (C=O) groups is 2. The van der Waals surface area contributed by atoms with Crippen LogP contribution in [-0.2, 0) is 9.59 Å². The van der Waals surface area contributed by atoms with Crippen LogP contribution in [0.25, 0.3) is 0 Å². The van der Waals surface area contributed by atoms with E-state index in [9.17, 15) is 14.7 Å². The molecule has 0 amide bonds. The highest BCUT2D eigenvalue weighted by molar-refractivity contribution is 7.99. The number of nitrogens with zero attached hydrogens (tertiary/aromatic N) is 2. The lowest BCUT2D eigenvalue weighted by atomic mass is 9.91. The fourth-order valence-corrected chi connectivity index (χ4v) is 4.69. The molecule has 20 heavy (non-hydrogen) atoms. The summed E-state index contributed by atoms with van der Waals surface area (Å²) in [7, 11) is 0. The maximum absolute atomic E-state index is 11.4. The SMILES string of the molecule is Cc1nnc(S[C@@H]2C[C@@](N)(C(=O)O)[C@@H]3[C@@H](C(=O)O)[C@@H]32)[nH]1. The minimum atomic E-state index is -1.46.